The zero-order valence-corrected chi connectivity index (χ0v) is 10.5. The van der Waals surface area contributed by atoms with Crippen LogP contribution in [0.15, 0.2) is 6.33 Å². The lowest BCUT2D eigenvalue weighted by molar-refractivity contribution is 0.139. The number of rotatable bonds is 4. The highest BCUT2D eigenvalue weighted by atomic mass is 19.1. The van der Waals surface area contributed by atoms with Gasteiger partial charge in [-0.25, -0.2) is 14.1 Å². The molecule has 0 radical (unpaired) electrons. The zero-order valence-electron chi connectivity index (χ0n) is 10.5. The maximum Gasteiger partial charge on any atom is 0.138 e. The summed E-state index contributed by atoms with van der Waals surface area (Å²) in [4.78, 5) is 4.20. The van der Waals surface area contributed by atoms with Gasteiger partial charge in [0.1, 0.15) is 17.8 Å². The number of aryl methyl sites for hydroxylation is 1. The van der Waals surface area contributed by atoms with Gasteiger partial charge in [-0.2, -0.15) is 5.10 Å². The van der Waals surface area contributed by atoms with Crippen LogP contribution >= 0.6 is 0 Å². The zero-order chi connectivity index (χ0) is 12.1. The van der Waals surface area contributed by atoms with Crippen LogP contribution in [0.3, 0.4) is 0 Å². The smallest absolute Gasteiger partial charge is 0.138 e. The highest BCUT2D eigenvalue weighted by molar-refractivity contribution is 4.96. The Labute approximate surface area is 102 Å². The standard InChI is InChI=1S/C12H21FN4/c1-2-8-17-11(15-10-16-17)9-12(13)4-3-6-14-7-5-12/h10,14H,2-9H2,1H3. The summed E-state index contributed by atoms with van der Waals surface area (Å²) in [6.07, 6.45) is 5.03. The van der Waals surface area contributed by atoms with Crippen molar-refractivity contribution in [1.29, 1.82) is 0 Å². The van der Waals surface area contributed by atoms with Crippen LogP contribution in [-0.2, 0) is 13.0 Å². The molecular formula is C12H21FN4. The molecule has 2 heterocycles. The van der Waals surface area contributed by atoms with E-state index in [0.717, 1.165) is 38.3 Å². The molecule has 0 amide bonds. The maximum absolute atomic E-state index is 14.7. The summed E-state index contributed by atoms with van der Waals surface area (Å²) in [5.74, 6) is 0.788. The number of alkyl halides is 1. The molecule has 1 atom stereocenters. The van der Waals surface area contributed by atoms with Crippen molar-refractivity contribution in [2.24, 2.45) is 0 Å². The van der Waals surface area contributed by atoms with Crippen molar-refractivity contribution in [2.75, 3.05) is 13.1 Å². The molecule has 5 heteroatoms. The van der Waals surface area contributed by atoms with Gasteiger partial charge in [-0.15, -0.1) is 0 Å². The van der Waals surface area contributed by atoms with Crippen molar-refractivity contribution in [3.05, 3.63) is 12.2 Å². The van der Waals surface area contributed by atoms with Gasteiger partial charge in [0.25, 0.3) is 0 Å². The third kappa shape index (κ3) is 3.25. The van der Waals surface area contributed by atoms with Crippen LogP contribution in [0.25, 0.3) is 0 Å². The number of aromatic nitrogens is 3. The first-order valence-corrected chi connectivity index (χ1v) is 6.50. The van der Waals surface area contributed by atoms with E-state index in [0.29, 0.717) is 19.3 Å². The first kappa shape index (κ1) is 12.5. The molecule has 0 aromatic carbocycles. The first-order chi connectivity index (χ1) is 8.23. The SMILES string of the molecule is CCCn1ncnc1CC1(F)CCCNCC1. The lowest BCUT2D eigenvalue weighted by atomic mass is 9.93. The highest BCUT2D eigenvalue weighted by Gasteiger charge is 2.32. The van der Waals surface area contributed by atoms with E-state index in [1.54, 1.807) is 0 Å². The molecule has 1 saturated heterocycles. The molecule has 1 aromatic rings. The van der Waals surface area contributed by atoms with Crippen molar-refractivity contribution in [1.82, 2.24) is 20.1 Å². The van der Waals surface area contributed by atoms with Crippen molar-refractivity contribution in [3.8, 4) is 0 Å². The Bertz CT molecular complexity index is 342. The quantitative estimate of drug-likeness (QED) is 0.871. The Morgan fingerprint density at radius 2 is 2.35 bits per heavy atom. The summed E-state index contributed by atoms with van der Waals surface area (Å²) in [6.45, 7) is 4.60. The molecule has 1 aliphatic heterocycles. The van der Waals surface area contributed by atoms with Gasteiger partial charge in [0.05, 0.1) is 0 Å². The monoisotopic (exact) mass is 240 g/mol. The Kier molecular flexibility index (Phi) is 4.10. The van der Waals surface area contributed by atoms with Gasteiger partial charge < -0.3 is 5.32 Å². The van der Waals surface area contributed by atoms with Crippen LogP contribution in [0.1, 0.15) is 38.4 Å². The number of hydrogen-bond donors (Lipinski definition) is 1. The molecule has 1 aromatic heterocycles. The van der Waals surface area contributed by atoms with E-state index in [4.69, 9.17) is 0 Å². The minimum atomic E-state index is -1.11. The molecule has 1 N–H and O–H groups in total. The molecule has 0 spiro atoms. The van der Waals surface area contributed by atoms with Gasteiger partial charge in [-0.1, -0.05) is 6.92 Å². The van der Waals surface area contributed by atoms with Crippen LogP contribution in [0.5, 0.6) is 0 Å². The second kappa shape index (κ2) is 5.58. The summed E-state index contributed by atoms with van der Waals surface area (Å²) < 4.78 is 16.5. The summed E-state index contributed by atoms with van der Waals surface area (Å²) in [6, 6.07) is 0. The van der Waals surface area contributed by atoms with Crippen LogP contribution in [0.2, 0.25) is 0 Å². The molecule has 2 rings (SSSR count). The van der Waals surface area contributed by atoms with E-state index in [9.17, 15) is 4.39 Å². The van der Waals surface area contributed by atoms with E-state index < -0.39 is 5.67 Å². The van der Waals surface area contributed by atoms with E-state index >= 15 is 0 Å². The summed E-state index contributed by atoms with van der Waals surface area (Å²) >= 11 is 0. The van der Waals surface area contributed by atoms with Gasteiger partial charge in [0.2, 0.25) is 0 Å². The third-order valence-corrected chi connectivity index (χ3v) is 3.33. The molecule has 17 heavy (non-hydrogen) atoms. The van der Waals surface area contributed by atoms with Gasteiger partial charge >= 0.3 is 0 Å². The largest absolute Gasteiger partial charge is 0.317 e. The third-order valence-electron chi connectivity index (χ3n) is 3.33. The highest BCUT2D eigenvalue weighted by Crippen LogP contribution is 2.28. The summed E-state index contributed by atoms with van der Waals surface area (Å²) in [5.41, 5.74) is -1.11. The predicted octanol–water partition coefficient (Wildman–Crippen LogP) is 1.71. The van der Waals surface area contributed by atoms with Crippen LogP contribution in [0, 0.1) is 0 Å². The molecule has 0 bridgehead atoms. The van der Waals surface area contributed by atoms with E-state index in [1.165, 1.54) is 6.33 Å². The van der Waals surface area contributed by atoms with Gasteiger partial charge in [0.15, 0.2) is 0 Å². The van der Waals surface area contributed by atoms with Crippen molar-refractivity contribution < 1.29 is 4.39 Å². The lowest BCUT2D eigenvalue weighted by Gasteiger charge is -2.22. The van der Waals surface area contributed by atoms with Gasteiger partial charge in [-0.05, 0) is 38.8 Å². The number of nitrogens with zero attached hydrogens (tertiary/aromatic N) is 3. The minimum absolute atomic E-state index is 0.397. The van der Waals surface area contributed by atoms with E-state index in [2.05, 4.69) is 22.3 Å². The first-order valence-electron chi connectivity index (χ1n) is 6.50. The topological polar surface area (TPSA) is 42.7 Å². The second-order valence-corrected chi connectivity index (χ2v) is 4.83. The number of halogens is 1. The molecule has 1 unspecified atom stereocenters. The Morgan fingerprint density at radius 3 is 3.18 bits per heavy atom. The maximum atomic E-state index is 14.7. The summed E-state index contributed by atoms with van der Waals surface area (Å²) in [5, 5.41) is 7.39. The van der Waals surface area contributed by atoms with Gasteiger partial charge in [-0.3, -0.25) is 0 Å². The molecule has 4 nitrogen and oxygen atoms in total. The van der Waals surface area contributed by atoms with E-state index in [-0.39, 0.29) is 0 Å². The number of nitrogens with one attached hydrogen (secondary N) is 1. The van der Waals surface area contributed by atoms with Crippen molar-refractivity contribution in [2.45, 2.75) is 51.2 Å². The molecule has 1 aliphatic rings. The lowest BCUT2D eigenvalue weighted by Crippen LogP contribution is -2.29. The van der Waals surface area contributed by atoms with Gasteiger partial charge in [0, 0.05) is 13.0 Å². The molecule has 0 saturated carbocycles. The molecule has 1 fully saturated rings. The van der Waals surface area contributed by atoms with Crippen LogP contribution < -0.4 is 5.32 Å². The van der Waals surface area contributed by atoms with Crippen LogP contribution in [-0.4, -0.2) is 33.5 Å². The average Bonchev–Trinajstić information content (AvgIpc) is 2.60. The number of hydrogen-bond acceptors (Lipinski definition) is 3. The molecule has 96 valence electrons. The fraction of sp³-hybridized carbons (Fsp3) is 0.833. The predicted molar refractivity (Wildman–Crippen MR) is 64.6 cm³/mol. The molecule has 0 aliphatic carbocycles. The van der Waals surface area contributed by atoms with Crippen molar-refractivity contribution in [3.63, 3.8) is 0 Å². The Balaban J connectivity index is 2.04. The summed E-state index contributed by atoms with van der Waals surface area (Å²) in [7, 11) is 0. The Hall–Kier alpha value is -0.970. The second-order valence-electron chi connectivity index (χ2n) is 4.83. The normalized spacial score (nSPS) is 25.8. The Morgan fingerprint density at radius 1 is 1.47 bits per heavy atom. The minimum Gasteiger partial charge on any atom is -0.317 e. The fourth-order valence-electron chi connectivity index (χ4n) is 2.38. The molecular weight excluding hydrogens is 219 g/mol. The average molecular weight is 240 g/mol. The van der Waals surface area contributed by atoms with Crippen molar-refractivity contribution >= 4 is 0 Å². The van der Waals surface area contributed by atoms with E-state index in [1.807, 2.05) is 4.68 Å². The van der Waals surface area contributed by atoms with Crippen LogP contribution in [0.4, 0.5) is 4.39 Å². The fourth-order valence-corrected chi connectivity index (χ4v) is 2.38.